The van der Waals surface area contributed by atoms with Gasteiger partial charge in [-0.2, -0.15) is 0 Å². The van der Waals surface area contributed by atoms with Gasteiger partial charge in [0.2, 0.25) is 0 Å². The van der Waals surface area contributed by atoms with Gasteiger partial charge in [-0.15, -0.1) is 0 Å². The Labute approximate surface area is 304 Å². The summed E-state index contributed by atoms with van der Waals surface area (Å²) in [6.07, 6.45) is 12.2. The molecule has 12 nitrogen and oxygen atoms in total. The van der Waals surface area contributed by atoms with Crippen LogP contribution in [0.1, 0.15) is 74.1 Å². The molecule has 12 heteroatoms. The Kier molecular flexibility index (Phi) is 10.5. The molecule has 2 saturated carbocycles. The van der Waals surface area contributed by atoms with E-state index in [4.69, 9.17) is 9.47 Å². The molecule has 2 aromatic heterocycles. The first kappa shape index (κ1) is 36.5. The van der Waals surface area contributed by atoms with Crippen molar-refractivity contribution >= 4 is 24.1 Å². The van der Waals surface area contributed by atoms with Crippen molar-refractivity contribution in [2.24, 2.45) is 35.5 Å². The average molecular weight is 717 g/mol. The molecule has 52 heavy (non-hydrogen) atoms. The first-order valence-electron chi connectivity index (χ1n) is 18.8. The monoisotopic (exact) mass is 716 g/mol. The lowest BCUT2D eigenvalue weighted by molar-refractivity contribution is -0.149. The maximum Gasteiger partial charge on any atom is 0.311 e. The number of esters is 2. The van der Waals surface area contributed by atoms with E-state index in [9.17, 15) is 29.4 Å². The van der Waals surface area contributed by atoms with E-state index < -0.39 is 11.8 Å². The van der Waals surface area contributed by atoms with Crippen molar-refractivity contribution in [2.45, 2.75) is 76.8 Å². The van der Waals surface area contributed by atoms with E-state index in [1.54, 1.807) is 9.13 Å². The molecule has 2 aromatic rings. The van der Waals surface area contributed by atoms with Crippen LogP contribution < -0.4 is 11.1 Å². The summed E-state index contributed by atoms with van der Waals surface area (Å²) < 4.78 is 13.8. The maximum atomic E-state index is 12.9. The fourth-order valence-electron chi connectivity index (χ4n) is 9.60. The van der Waals surface area contributed by atoms with Gasteiger partial charge in [0.25, 0.3) is 11.1 Å². The molecule has 6 heterocycles. The molecule has 2 saturated heterocycles. The molecule has 4 fully saturated rings. The fraction of sp³-hybridized carbons (Fsp3) is 0.600. The Morgan fingerprint density at radius 2 is 1.08 bits per heavy atom. The number of carbonyl (C=O) groups excluding carboxylic acids is 2. The second-order valence-corrected chi connectivity index (χ2v) is 15.4. The van der Waals surface area contributed by atoms with Gasteiger partial charge in [-0.3, -0.25) is 29.0 Å². The zero-order valence-electron chi connectivity index (χ0n) is 30.6. The van der Waals surface area contributed by atoms with E-state index in [0.29, 0.717) is 36.1 Å². The lowest BCUT2D eigenvalue weighted by atomic mass is 9.87. The third-order valence-electron chi connectivity index (χ3n) is 12.4. The van der Waals surface area contributed by atoms with Crippen molar-refractivity contribution in [3.8, 4) is 0 Å². The van der Waals surface area contributed by atoms with Crippen LogP contribution in [-0.4, -0.2) is 93.7 Å². The zero-order chi connectivity index (χ0) is 36.8. The number of aliphatic hydroxyl groups is 2. The molecular formula is C40H52N4O8. The topological polar surface area (TPSA) is 144 Å². The standard InChI is InChI=1S/2C20H26N2O4/c2*1-3-4-13-7-8-15-18-17(20(25)26-2)14(11-23)16(10-22(15)19(13)24)21(18)9-12-5-6-12/h2*3-4,7-8,12,14,16-18,23H,5-6,9-11H2,1-2H3/b4-3+;4-3-/t2*14-,16-,17+,18+/m11/s1. The number of ether oxygens (including phenoxy) is 2. The minimum atomic E-state index is -0.436. The molecule has 2 aliphatic carbocycles. The number of pyridine rings is 2. The van der Waals surface area contributed by atoms with Gasteiger partial charge in [0.1, 0.15) is 0 Å². The van der Waals surface area contributed by atoms with Crippen molar-refractivity contribution in [3.63, 3.8) is 0 Å². The van der Waals surface area contributed by atoms with Crippen LogP contribution in [0, 0.1) is 35.5 Å². The number of aromatic nitrogens is 2. The molecule has 0 spiro atoms. The van der Waals surface area contributed by atoms with Crippen LogP contribution in [0.25, 0.3) is 12.2 Å². The first-order valence-corrected chi connectivity index (χ1v) is 18.8. The molecule has 4 bridgehead atoms. The Bertz CT molecular complexity index is 1720. The SMILES string of the molecule is C/C=C/c1ccc2n(c1=O)C[C@@H]1[C@@H](CO)[C@H](C(=O)OC)[C@H]2N1CC1CC1.C/C=C\c1ccc2n(c1=O)C[C@@H]1[C@@H](CO)[C@H](C(=O)OC)[C@H]2N1CC1CC1. The molecule has 2 N–H and O–H groups in total. The number of aliphatic hydroxyl groups excluding tert-OH is 2. The molecule has 8 rings (SSSR count). The van der Waals surface area contributed by atoms with Gasteiger partial charge < -0.3 is 28.8 Å². The number of hydrogen-bond donors (Lipinski definition) is 2. The molecule has 0 radical (unpaired) electrons. The minimum Gasteiger partial charge on any atom is -0.469 e. The molecule has 0 aromatic carbocycles. The summed E-state index contributed by atoms with van der Waals surface area (Å²) in [5, 5.41) is 20.1. The average Bonchev–Trinajstić information content (AvgIpc) is 4.09. The number of allylic oxidation sites excluding steroid dienone is 2. The van der Waals surface area contributed by atoms with Crippen LogP contribution in [0.5, 0.6) is 0 Å². The summed E-state index contributed by atoms with van der Waals surface area (Å²) in [4.78, 5) is 55.7. The predicted molar refractivity (Wildman–Crippen MR) is 195 cm³/mol. The molecular weight excluding hydrogens is 664 g/mol. The van der Waals surface area contributed by atoms with Gasteiger partial charge in [-0.05, 0) is 75.6 Å². The van der Waals surface area contributed by atoms with Crippen LogP contribution in [0.4, 0.5) is 0 Å². The summed E-state index contributed by atoms with van der Waals surface area (Å²) in [7, 11) is 2.79. The van der Waals surface area contributed by atoms with E-state index in [0.717, 1.165) is 24.5 Å². The summed E-state index contributed by atoms with van der Waals surface area (Å²) in [6, 6.07) is 7.18. The number of nitrogens with zero attached hydrogens (tertiary/aromatic N) is 4. The van der Waals surface area contributed by atoms with Crippen LogP contribution in [0.15, 0.2) is 46.0 Å². The van der Waals surface area contributed by atoms with Gasteiger partial charge in [0.05, 0.1) is 38.1 Å². The third-order valence-corrected chi connectivity index (χ3v) is 12.4. The van der Waals surface area contributed by atoms with E-state index in [-0.39, 0.29) is 72.3 Å². The maximum absolute atomic E-state index is 12.9. The van der Waals surface area contributed by atoms with Crippen LogP contribution >= 0.6 is 0 Å². The number of rotatable bonds is 10. The van der Waals surface area contributed by atoms with Crippen LogP contribution in [0.3, 0.4) is 0 Å². The quantitative estimate of drug-likeness (QED) is 0.353. The normalized spacial score (nSPS) is 30.6. The smallest absolute Gasteiger partial charge is 0.311 e. The van der Waals surface area contributed by atoms with Gasteiger partial charge in [0, 0.05) is 85.8 Å². The van der Waals surface area contributed by atoms with E-state index in [1.807, 2.05) is 62.4 Å². The lowest BCUT2D eigenvalue weighted by Crippen LogP contribution is -2.47. The van der Waals surface area contributed by atoms with Crippen molar-refractivity contribution in [1.82, 2.24) is 18.9 Å². The zero-order valence-corrected chi connectivity index (χ0v) is 30.6. The second-order valence-electron chi connectivity index (χ2n) is 15.4. The summed E-state index contributed by atoms with van der Waals surface area (Å²) in [5.41, 5.74) is 2.99. The van der Waals surface area contributed by atoms with Crippen molar-refractivity contribution in [2.75, 3.05) is 40.5 Å². The number of hydrogen-bond acceptors (Lipinski definition) is 10. The van der Waals surface area contributed by atoms with Gasteiger partial charge in [0.15, 0.2) is 0 Å². The minimum absolute atomic E-state index is 0.0132. The van der Waals surface area contributed by atoms with Crippen LogP contribution in [0.2, 0.25) is 0 Å². The number of methoxy groups -OCH3 is 2. The first-order chi connectivity index (χ1) is 25.2. The molecule has 8 atom stereocenters. The Hall–Kier alpha value is -3.84. The molecule has 6 aliphatic rings. The Morgan fingerprint density at radius 1 is 0.692 bits per heavy atom. The Balaban J connectivity index is 0.000000162. The van der Waals surface area contributed by atoms with Gasteiger partial charge in [-0.1, -0.05) is 24.3 Å². The van der Waals surface area contributed by atoms with Crippen molar-refractivity contribution in [1.29, 1.82) is 0 Å². The Morgan fingerprint density at radius 3 is 1.38 bits per heavy atom. The second kappa shape index (κ2) is 14.9. The summed E-state index contributed by atoms with van der Waals surface area (Å²) >= 11 is 0. The highest BCUT2D eigenvalue weighted by Crippen LogP contribution is 2.51. The van der Waals surface area contributed by atoms with Gasteiger partial charge in [-0.25, -0.2) is 0 Å². The molecule has 280 valence electrons. The van der Waals surface area contributed by atoms with E-state index >= 15 is 0 Å². The highest BCUT2D eigenvalue weighted by Gasteiger charge is 2.58. The van der Waals surface area contributed by atoms with E-state index in [2.05, 4.69) is 9.80 Å². The van der Waals surface area contributed by atoms with Gasteiger partial charge >= 0.3 is 11.9 Å². The number of fused-ring (bicyclic) bond motifs is 8. The highest BCUT2D eigenvalue weighted by molar-refractivity contribution is 5.75. The van der Waals surface area contributed by atoms with Crippen molar-refractivity contribution < 1.29 is 29.3 Å². The van der Waals surface area contributed by atoms with Crippen molar-refractivity contribution in [3.05, 3.63) is 79.6 Å². The largest absolute Gasteiger partial charge is 0.469 e. The fourth-order valence-corrected chi connectivity index (χ4v) is 9.60. The molecule has 0 unspecified atom stereocenters. The predicted octanol–water partition coefficient (Wildman–Crippen LogP) is 2.86. The molecule has 4 aliphatic heterocycles. The number of carbonyl (C=O) groups is 2. The van der Waals surface area contributed by atoms with Crippen LogP contribution in [-0.2, 0) is 32.2 Å². The highest BCUT2D eigenvalue weighted by atomic mass is 16.5. The summed E-state index contributed by atoms with van der Waals surface area (Å²) in [5.74, 6) is -0.561. The molecule has 0 amide bonds. The lowest BCUT2D eigenvalue weighted by Gasteiger charge is -2.38. The van der Waals surface area contributed by atoms with E-state index in [1.165, 1.54) is 39.9 Å². The third kappa shape index (κ3) is 6.31. The summed E-state index contributed by atoms with van der Waals surface area (Å²) in [6.45, 7) is 6.50.